The van der Waals surface area contributed by atoms with Gasteiger partial charge in [0.25, 0.3) is 0 Å². The molecule has 0 atom stereocenters. The van der Waals surface area contributed by atoms with E-state index in [1.807, 2.05) is 6.92 Å². The number of sulfonamides is 1. The summed E-state index contributed by atoms with van der Waals surface area (Å²) in [6.45, 7) is 2.07. The molecule has 1 heterocycles. The normalized spacial score (nSPS) is 13.9. The topological polar surface area (TPSA) is 105 Å². The highest BCUT2D eigenvalue weighted by Gasteiger charge is 2.25. The number of anilines is 2. The highest BCUT2D eigenvalue weighted by molar-refractivity contribution is 7.99. The van der Waals surface area contributed by atoms with Crippen LogP contribution in [0.2, 0.25) is 0 Å². The lowest BCUT2D eigenvalue weighted by Gasteiger charge is -2.18. The fourth-order valence-electron chi connectivity index (χ4n) is 2.83. The highest BCUT2D eigenvalue weighted by atomic mass is 32.2. The maximum absolute atomic E-state index is 12.9. The number of hydrogen-bond donors (Lipinski definition) is 2. The number of carbonyl (C=O) groups is 2. The summed E-state index contributed by atoms with van der Waals surface area (Å²) in [5.74, 6) is 0.697. The summed E-state index contributed by atoms with van der Waals surface area (Å²) in [5.41, 5.74) is 1.01. The number of thioether (sulfide) groups is 1. The zero-order valence-corrected chi connectivity index (χ0v) is 18.3. The molecule has 2 N–H and O–H groups in total. The maximum Gasteiger partial charge on any atom is 0.243 e. The van der Waals surface area contributed by atoms with Gasteiger partial charge in [0.05, 0.1) is 23.7 Å². The standard InChI is InChI=1S/C20H23N3O5S2/c1-3-28-15-6-4-14(5-7-15)21-20(25)13-23(2)30(26,27)16-8-9-18-17(12-16)22-19(24)10-11-29-18/h4-9,12H,3,10-11,13H2,1-2H3,(H,21,25)(H,22,24). The Morgan fingerprint density at radius 1 is 1.23 bits per heavy atom. The molecule has 0 unspecified atom stereocenters. The van der Waals surface area contributed by atoms with E-state index in [1.165, 1.54) is 30.9 Å². The van der Waals surface area contributed by atoms with Crippen LogP contribution in [-0.2, 0) is 19.6 Å². The van der Waals surface area contributed by atoms with Crippen LogP contribution in [0.15, 0.2) is 52.3 Å². The number of likely N-dealkylation sites (N-methyl/N-ethyl adjacent to an activating group) is 1. The van der Waals surface area contributed by atoms with Crippen LogP contribution in [0, 0.1) is 0 Å². The molecule has 3 rings (SSSR count). The fraction of sp³-hybridized carbons (Fsp3) is 0.300. The zero-order chi connectivity index (χ0) is 21.7. The van der Waals surface area contributed by atoms with Gasteiger partial charge in [0.2, 0.25) is 21.8 Å². The Morgan fingerprint density at radius 3 is 2.67 bits per heavy atom. The van der Waals surface area contributed by atoms with Gasteiger partial charge >= 0.3 is 0 Å². The molecule has 10 heteroatoms. The minimum Gasteiger partial charge on any atom is -0.494 e. The van der Waals surface area contributed by atoms with Crippen molar-refractivity contribution in [2.45, 2.75) is 23.1 Å². The molecule has 0 aliphatic carbocycles. The van der Waals surface area contributed by atoms with Crippen molar-refractivity contribution in [3.8, 4) is 5.75 Å². The average molecular weight is 450 g/mol. The van der Waals surface area contributed by atoms with Crippen LogP contribution in [0.4, 0.5) is 11.4 Å². The Bertz CT molecular complexity index is 1040. The molecule has 0 spiro atoms. The molecular formula is C20H23N3O5S2. The zero-order valence-electron chi connectivity index (χ0n) is 16.7. The van der Waals surface area contributed by atoms with Gasteiger partial charge in [-0.25, -0.2) is 8.42 Å². The summed E-state index contributed by atoms with van der Waals surface area (Å²) in [4.78, 5) is 24.9. The Hall–Kier alpha value is -2.56. The first-order valence-corrected chi connectivity index (χ1v) is 11.8. The number of rotatable bonds is 7. The van der Waals surface area contributed by atoms with Gasteiger partial charge in [-0.1, -0.05) is 0 Å². The van der Waals surface area contributed by atoms with Crippen LogP contribution >= 0.6 is 11.8 Å². The lowest BCUT2D eigenvalue weighted by Crippen LogP contribution is -2.35. The SMILES string of the molecule is CCOc1ccc(NC(=O)CN(C)S(=O)(=O)c2ccc3c(c2)NC(=O)CCS3)cc1. The molecule has 0 bridgehead atoms. The van der Waals surface area contributed by atoms with E-state index >= 15 is 0 Å². The molecule has 2 aromatic carbocycles. The van der Waals surface area contributed by atoms with Gasteiger partial charge < -0.3 is 15.4 Å². The number of hydrogen-bond acceptors (Lipinski definition) is 6. The minimum absolute atomic E-state index is 0.0143. The molecule has 30 heavy (non-hydrogen) atoms. The average Bonchev–Trinajstić information content (AvgIpc) is 2.89. The van der Waals surface area contributed by atoms with Gasteiger partial charge in [-0.3, -0.25) is 9.59 Å². The van der Waals surface area contributed by atoms with Gasteiger partial charge in [-0.15, -0.1) is 11.8 Å². The van der Waals surface area contributed by atoms with Crippen molar-refractivity contribution in [3.63, 3.8) is 0 Å². The van der Waals surface area contributed by atoms with E-state index in [9.17, 15) is 18.0 Å². The van der Waals surface area contributed by atoms with E-state index in [2.05, 4.69) is 10.6 Å². The number of ether oxygens (including phenoxy) is 1. The third-order valence-electron chi connectivity index (χ3n) is 4.34. The van der Waals surface area contributed by atoms with Crippen LogP contribution in [0.5, 0.6) is 5.75 Å². The molecule has 0 fully saturated rings. The van der Waals surface area contributed by atoms with Gasteiger partial charge in [0.1, 0.15) is 5.75 Å². The molecule has 1 aliphatic heterocycles. The Kier molecular flexibility index (Phi) is 7.01. The first-order chi connectivity index (χ1) is 14.3. The van der Waals surface area contributed by atoms with E-state index < -0.39 is 15.9 Å². The smallest absolute Gasteiger partial charge is 0.243 e. The van der Waals surface area contributed by atoms with Crippen molar-refractivity contribution in [2.24, 2.45) is 0 Å². The first-order valence-electron chi connectivity index (χ1n) is 9.35. The van der Waals surface area contributed by atoms with Crippen molar-refractivity contribution in [1.82, 2.24) is 4.31 Å². The van der Waals surface area contributed by atoms with Crippen molar-refractivity contribution < 1.29 is 22.7 Å². The van der Waals surface area contributed by atoms with Crippen molar-refractivity contribution in [2.75, 3.05) is 36.6 Å². The quantitative estimate of drug-likeness (QED) is 0.674. The lowest BCUT2D eigenvalue weighted by molar-refractivity contribution is -0.116. The molecule has 0 radical (unpaired) electrons. The molecule has 0 saturated carbocycles. The second-order valence-electron chi connectivity index (χ2n) is 6.57. The van der Waals surface area contributed by atoms with E-state index in [1.54, 1.807) is 30.3 Å². The summed E-state index contributed by atoms with van der Waals surface area (Å²) in [6.07, 6.45) is 0.368. The van der Waals surface area contributed by atoms with Crippen LogP contribution in [0.1, 0.15) is 13.3 Å². The molecular weight excluding hydrogens is 426 g/mol. The lowest BCUT2D eigenvalue weighted by atomic mass is 10.3. The summed E-state index contributed by atoms with van der Waals surface area (Å²) >= 11 is 1.49. The fourth-order valence-corrected chi connectivity index (χ4v) is 4.92. The third kappa shape index (κ3) is 5.32. The number of nitrogens with one attached hydrogen (secondary N) is 2. The number of carbonyl (C=O) groups excluding carboxylic acids is 2. The number of nitrogens with zero attached hydrogens (tertiary/aromatic N) is 1. The number of fused-ring (bicyclic) bond motifs is 1. The molecule has 0 aromatic heterocycles. The molecule has 8 nitrogen and oxygen atoms in total. The van der Waals surface area contributed by atoms with E-state index in [4.69, 9.17) is 4.74 Å². The molecule has 2 amide bonds. The van der Waals surface area contributed by atoms with Gasteiger partial charge in [-0.05, 0) is 49.4 Å². The number of benzene rings is 2. The maximum atomic E-state index is 12.9. The van der Waals surface area contributed by atoms with E-state index in [0.29, 0.717) is 35.9 Å². The largest absolute Gasteiger partial charge is 0.494 e. The van der Waals surface area contributed by atoms with Crippen LogP contribution in [0.3, 0.4) is 0 Å². The van der Waals surface area contributed by atoms with Crippen LogP contribution in [0.25, 0.3) is 0 Å². The third-order valence-corrected chi connectivity index (χ3v) is 7.21. The molecule has 2 aromatic rings. The Balaban J connectivity index is 1.68. The highest BCUT2D eigenvalue weighted by Crippen LogP contribution is 2.33. The predicted octanol–water partition coefficient (Wildman–Crippen LogP) is 2.78. The van der Waals surface area contributed by atoms with Crippen molar-refractivity contribution in [1.29, 1.82) is 0 Å². The second-order valence-corrected chi connectivity index (χ2v) is 9.75. The van der Waals surface area contributed by atoms with Gasteiger partial charge in [-0.2, -0.15) is 4.31 Å². The van der Waals surface area contributed by atoms with Crippen molar-refractivity contribution >= 4 is 45.0 Å². The van der Waals surface area contributed by atoms with Crippen LogP contribution in [-0.4, -0.2) is 50.5 Å². The first kappa shape index (κ1) is 22.1. The summed E-state index contributed by atoms with van der Waals surface area (Å²) in [6, 6.07) is 11.4. The van der Waals surface area contributed by atoms with Gasteiger partial charge in [0, 0.05) is 29.8 Å². The predicted molar refractivity (Wildman–Crippen MR) is 116 cm³/mol. The Morgan fingerprint density at radius 2 is 1.97 bits per heavy atom. The van der Waals surface area contributed by atoms with Crippen LogP contribution < -0.4 is 15.4 Å². The minimum atomic E-state index is -3.91. The summed E-state index contributed by atoms with van der Waals surface area (Å²) in [5, 5.41) is 5.40. The molecule has 160 valence electrons. The summed E-state index contributed by atoms with van der Waals surface area (Å²) < 4.78 is 32.1. The van der Waals surface area contributed by atoms with Gasteiger partial charge in [0.15, 0.2) is 0 Å². The van der Waals surface area contributed by atoms with E-state index in [-0.39, 0.29) is 17.3 Å². The van der Waals surface area contributed by atoms with E-state index in [0.717, 1.165) is 9.20 Å². The monoisotopic (exact) mass is 449 g/mol. The summed E-state index contributed by atoms with van der Waals surface area (Å²) in [7, 11) is -2.57. The second kappa shape index (κ2) is 9.50. The number of amides is 2. The molecule has 0 saturated heterocycles. The Labute approximate surface area is 180 Å². The van der Waals surface area contributed by atoms with Crippen molar-refractivity contribution in [3.05, 3.63) is 42.5 Å². The molecule has 1 aliphatic rings.